The Bertz CT molecular complexity index is 980. The summed E-state index contributed by atoms with van der Waals surface area (Å²) in [5, 5.41) is 9.90. The van der Waals surface area contributed by atoms with Crippen LogP contribution in [0.5, 0.6) is 0 Å². The van der Waals surface area contributed by atoms with Crippen LogP contribution in [-0.4, -0.2) is 21.0 Å². The molecule has 1 aromatic heterocycles. The summed E-state index contributed by atoms with van der Waals surface area (Å²) in [4.78, 5) is 21.6. The van der Waals surface area contributed by atoms with Crippen molar-refractivity contribution in [2.24, 2.45) is 0 Å². The summed E-state index contributed by atoms with van der Waals surface area (Å²) in [5.74, 6) is -0.395. The van der Waals surface area contributed by atoms with Gasteiger partial charge in [0, 0.05) is 22.4 Å². The van der Waals surface area contributed by atoms with E-state index in [0.29, 0.717) is 23.9 Å². The van der Waals surface area contributed by atoms with E-state index in [9.17, 15) is 9.90 Å². The Balaban J connectivity index is 2.23. The first-order chi connectivity index (χ1) is 13.9. The molecule has 0 radical (unpaired) electrons. The first-order valence-corrected chi connectivity index (χ1v) is 10.2. The van der Waals surface area contributed by atoms with Crippen LogP contribution in [0.2, 0.25) is 0 Å². The largest absolute Gasteiger partial charge is 0.481 e. The van der Waals surface area contributed by atoms with Gasteiger partial charge in [0.25, 0.3) is 0 Å². The van der Waals surface area contributed by atoms with Gasteiger partial charge in [-0.05, 0) is 24.8 Å². The number of nitrogens with zero attached hydrogens (tertiary/aromatic N) is 2. The van der Waals surface area contributed by atoms with Crippen molar-refractivity contribution in [3.8, 4) is 22.6 Å². The Morgan fingerprint density at radius 3 is 2.17 bits per heavy atom. The van der Waals surface area contributed by atoms with Crippen LogP contribution in [0.3, 0.4) is 0 Å². The highest BCUT2D eigenvalue weighted by Crippen LogP contribution is 2.35. The number of carboxylic acids is 1. The highest BCUT2D eigenvalue weighted by atomic mass is 16.4. The average Bonchev–Trinajstić information content (AvgIpc) is 2.72. The molecule has 0 aliphatic rings. The predicted molar refractivity (Wildman–Crippen MR) is 117 cm³/mol. The van der Waals surface area contributed by atoms with Gasteiger partial charge in [-0.25, -0.2) is 9.97 Å². The number of benzene rings is 2. The van der Waals surface area contributed by atoms with Gasteiger partial charge in [0.05, 0.1) is 11.6 Å². The number of hydrogen-bond acceptors (Lipinski definition) is 3. The Morgan fingerprint density at radius 2 is 1.62 bits per heavy atom. The van der Waals surface area contributed by atoms with Gasteiger partial charge in [-0.15, -0.1) is 0 Å². The predicted octanol–water partition coefficient (Wildman–Crippen LogP) is 6.21. The van der Waals surface area contributed by atoms with Crippen molar-refractivity contribution in [3.05, 3.63) is 71.4 Å². The van der Waals surface area contributed by atoms with Crippen LogP contribution >= 0.6 is 0 Å². The van der Waals surface area contributed by atoms with Crippen LogP contribution in [0.4, 0.5) is 0 Å². The summed E-state index contributed by atoms with van der Waals surface area (Å²) in [6, 6.07) is 18.1. The van der Waals surface area contributed by atoms with Crippen LogP contribution < -0.4 is 0 Å². The van der Waals surface area contributed by atoms with E-state index in [1.54, 1.807) is 0 Å². The van der Waals surface area contributed by atoms with E-state index < -0.39 is 11.9 Å². The Kier molecular flexibility index (Phi) is 6.42. The van der Waals surface area contributed by atoms with E-state index in [-0.39, 0.29) is 0 Å². The minimum atomic E-state index is -0.828. The second-order valence-electron chi connectivity index (χ2n) is 7.72. The van der Waals surface area contributed by atoms with Crippen LogP contribution in [0, 0.1) is 6.92 Å². The molecule has 3 rings (SSSR count). The van der Waals surface area contributed by atoms with Gasteiger partial charge in [-0.3, -0.25) is 4.79 Å². The van der Waals surface area contributed by atoms with E-state index in [1.165, 1.54) is 5.56 Å². The van der Waals surface area contributed by atoms with Crippen LogP contribution in [0.25, 0.3) is 22.6 Å². The standard InChI is InChI=1S/C25H28N2O2/c1-5-9-21(25(28)29)22-17(4)26-24(20-10-7-6-8-11-20)27-23(22)19-14-12-18(13-15-19)16(2)3/h6-8,10-16,21H,5,9H2,1-4H3,(H,28,29). The fraction of sp³-hybridized carbons (Fsp3) is 0.320. The number of aliphatic carboxylic acids is 1. The van der Waals surface area contributed by atoms with Gasteiger partial charge in [0.2, 0.25) is 0 Å². The number of aromatic nitrogens is 2. The molecule has 0 fully saturated rings. The summed E-state index contributed by atoms with van der Waals surface area (Å²) < 4.78 is 0. The first-order valence-electron chi connectivity index (χ1n) is 10.2. The molecule has 0 aliphatic heterocycles. The Labute approximate surface area is 172 Å². The second-order valence-corrected chi connectivity index (χ2v) is 7.72. The summed E-state index contributed by atoms with van der Waals surface area (Å²) in [6.45, 7) is 8.21. The maximum Gasteiger partial charge on any atom is 0.311 e. The number of hydrogen-bond donors (Lipinski definition) is 1. The van der Waals surface area contributed by atoms with Crippen molar-refractivity contribution in [1.29, 1.82) is 0 Å². The lowest BCUT2D eigenvalue weighted by molar-refractivity contribution is -0.139. The van der Waals surface area contributed by atoms with Gasteiger partial charge in [-0.2, -0.15) is 0 Å². The molecule has 3 aromatic rings. The summed E-state index contributed by atoms with van der Waals surface area (Å²) in [7, 11) is 0. The van der Waals surface area contributed by atoms with Crippen LogP contribution in [0.15, 0.2) is 54.6 Å². The van der Waals surface area contributed by atoms with Crippen molar-refractivity contribution in [1.82, 2.24) is 9.97 Å². The van der Waals surface area contributed by atoms with Crippen LogP contribution in [-0.2, 0) is 4.79 Å². The number of carbonyl (C=O) groups is 1. The van der Waals surface area contributed by atoms with E-state index >= 15 is 0 Å². The van der Waals surface area contributed by atoms with Crippen molar-refractivity contribution < 1.29 is 9.90 Å². The van der Waals surface area contributed by atoms with E-state index in [1.807, 2.05) is 56.3 Å². The zero-order valence-electron chi connectivity index (χ0n) is 17.5. The minimum Gasteiger partial charge on any atom is -0.481 e. The molecule has 0 saturated heterocycles. The lowest BCUT2D eigenvalue weighted by atomic mass is 9.89. The van der Waals surface area contributed by atoms with Crippen molar-refractivity contribution >= 4 is 5.97 Å². The zero-order valence-corrected chi connectivity index (χ0v) is 17.5. The van der Waals surface area contributed by atoms with Gasteiger partial charge < -0.3 is 5.11 Å². The van der Waals surface area contributed by atoms with Crippen molar-refractivity contribution in [2.75, 3.05) is 0 Å². The Hall–Kier alpha value is -3.01. The zero-order chi connectivity index (χ0) is 21.0. The molecular formula is C25H28N2O2. The molecule has 1 atom stereocenters. The number of aryl methyl sites for hydroxylation is 1. The maximum absolute atomic E-state index is 12.1. The molecule has 1 N–H and O–H groups in total. The monoisotopic (exact) mass is 388 g/mol. The van der Waals surface area contributed by atoms with E-state index in [4.69, 9.17) is 4.98 Å². The molecule has 0 aliphatic carbocycles. The summed E-state index contributed by atoms with van der Waals surface area (Å²) >= 11 is 0. The molecule has 0 saturated carbocycles. The third-order valence-corrected chi connectivity index (χ3v) is 5.24. The molecule has 0 spiro atoms. The minimum absolute atomic E-state index is 0.433. The van der Waals surface area contributed by atoms with Gasteiger partial charge in [0.1, 0.15) is 0 Å². The summed E-state index contributed by atoms with van der Waals surface area (Å²) in [5.41, 5.74) is 5.25. The first kappa shape index (κ1) is 20.7. The fourth-order valence-electron chi connectivity index (χ4n) is 3.64. The smallest absolute Gasteiger partial charge is 0.311 e. The summed E-state index contributed by atoms with van der Waals surface area (Å²) in [6.07, 6.45) is 1.34. The highest BCUT2D eigenvalue weighted by Gasteiger charge is 2.27. The molecule has 1 heterocycles. The number of carboxylic acid groups (broad SMARTS) is 1. The average molecular weight is 389 g/mol. The topological polar surface area (TPSA) is 63.1 Å². The normalized spacial score (nSPS) is 12.2. The molecule has 4 nitrogen and oxygen atoms in total. The van der Waals surface area contributed by atoms with Gasteiger partial charge in [0.15, 0.2) is 5.82 Å². The maximum atomic E-state index is 12.1. The van der Waals surface area contributed by atoms with Crippen molar-refractivity contribution in [3.63, 3.8) is 0 Å². The molecule has 4 heteroatoms. The lowest BCUT2D eigenvalue weighted by Gasteiger charge is -2.19. The molecule has 0 bridgehead atoms. The highest BCUT2D eigenvalue weighted by molar-refractivity contribution is 5.81. The Morgan fingerprint density at radius 1 is 0.966 bits per heavy atom. The molecular weight excluding hydrogens is 360 g/mol. The van der Waals surface area contributed by atoms with Crippen LogP contribution in [0.1, 0.15) is 62.3 Å². The molecule has 1 unspecified atom stereocenters. The number of rotatable bonds is 7. The fourth-order valence-corrected chi connectivity index (χ4v) is 3.64. The SMILES string of the molecule is CCCC(C(=O)O)c1c(C)nc(-c2ccccc2)nc1-c1ccc(C(C)C)cc1. The molecule has 29 heavy (non-hydrogen) atoms. The molecule has 0 amide bonds. The van der Waals surface area contributed by atoms with Gasteiger partial charge >= 0.3 is 5.97 Å². The third kappa shape index (κ3) is 4.53. The second kappa shape index (κ2) is 8.99. The quantitative estimate of drug-likeness (QED) is 0.522. The van der Waals surface area contributed by atoms with Gasteiger partial charge in [-0.1, -0.05) is 81.8 Å². The van der Waals surface area contributed by atoms with E-state index in [2.05, 4.69) is 31.0 Å². The molecule has 2 aromatic carbocycles. The third-order valence-electron chi connectivity index (χ3n) is 5.24. The molecule has 150 valence electrons. The van der Waals surface area contributed by atoms with Crippen molar-refractivity contribution in [2.45, 2.75) is 52.4 Å². The van der Waals surface area contributed by atoms with E-state index in [0.717, 1.165) is 28.8 Å². The lowest BCUT2D eigenvalue weighted by Crippen LogP contribution is -2.16.